The van der Waals surface area contributed by atoms with Gasteiger partial charge in [0.25, 0.3) is 0 Å². The normalized spacial score (nSPS) is 17.6. The van der Waals surface area contributed by atoms with Gasteiger partial charge in [-0.3, -0.25) is 10.00 Å². The van der Waals surface area contributed by atoms with E-state index in [2.05, 4.69) is 40.6 Å². The van der Waals surface area contributed by atoms with E-state index in [9.17, 15) is 0 Å². The molecule has 0 bridgehead atoms. The number of nitrogens with one attached hydrogen (secondary N) is 1. The second-order valence-electron chi connectivity index (χ2n) is 5.05. The largest absolute Gasteiger partial charge is 0.303 e. The van der Waals surface area contributed by atoms with Crippen molar-refractivity contribution in [2.75, 3.05) is 7.05 Å². The number of rotatable bonds is 6. The number of likely N-dealkylation sites (N-methyl/N-ethyl adjacent to an activating group) is 1. The molecule has 1 unspecified atom stereocenters. The Morgan fingerprint density at radius 1 is 1.59 bits per heavy atom. The third kappa shape index (κ3) is 2.96. The lowest BCUT2D eigenvalue weighted by Gasteiger charge is -2.25. The van der Waals surface area contributed by atoms with Gasteiger partial charge in [-0.15, -0.1) is 0 Å². The highest BCUT2D eigenvalue weighted by molar-refractivity contribution is 7.71. The highest BCUT2D eigenvalue weighted by atomic mass is 32.1. The Hall–Kier alpha value is -0.680. The van der Waals surface area contributed by atoms with E-state index in [4.69, 9.17) is 12.2 Å². The number of aromatic nitrogens is 3. The van der Waals surface area contributed by atoms with Crippen molar-refractivity contribution >= 4 is 12.2 Å². The summed E-state index contributed by atoms with van der Waals surface area (Å²) in [7, 11) is 2.21. The Balaban J connectivity index is 2.05. The van der Waals surface area contributed by atoms with E-state index in [0.717, 1.165) is 36.0 Å². The Kier molecular flexibility index (Phi) is 3.99. The second kappa shape index (κ2) is 5.31. The molecule has 17 heavy (non-hydrogen) atoms. The van der Waals surface area contributed by atoms with E-state index in [1.54, 1.807) is 0 Å². The number of hydrogen-bond donors (Lipinski definition) is 1. The van der Waals surface area contributed by atoms with Crippen molar-refractivity contribution < 1.29 is 0 Å². The summed E-state index contributed by atoms with van der Waals surface area (Å²) >= 11 is 5.30. The number of nitrogens with zero attached hydrogens (tertiary/aromatic N) is 3. The fraction of sp³-hybridized carbons (Fsp3) is 0.833. The summed E-state index contributed by atoms with van der Waals surface area (Å²) < 4.78 is 2.91. The van der Waals surface area contributed by atoms with Crippen LogP contribution in [0.4, 0.5) is 0 Å². The first kappa shape index (κ1) is 12.8. The van der Waals surface area contributed by atoms with Crippen LogP contribution in [0.15, 0.2) is 0 Å². The predicted molar refractivity (Wildman–Crippen MR) is 71.7 cm³/mol. The maximum atomic E-state index is 5.30. The summed E-state index contributed by atoms with van der Waals surface area (Å²) in [6.07, 6.45) is 4.79. The number of aromatic amines is 1. The molecule has 1 aliphatic carbocycles. The minimum Gasteiger partial charge on any atom is -0.303 e. The standard InChI is InChI=1S/C12H22N4S/c1-4-5-11-13-14-12(17)16(11)8-9(2)15(3)10-6-7-10/h9-10H,4-8H2,1-3H3,(H,14,17). The molecule has 96 valence electrons. The molecule has 1 aromatic heterocycles. The summed E-state index contributed by atoms with van der Waals surface area (Å²) in [4.78, 5) is 2.46. The zero-order valence-corrected chi connectivity index (χ0v) is 11.8. The van der Waals surface area contributed by atoms with Crippen LogP contribution in [0, 0.1) is 4.77 Å². The van der Waals surface area contributed by atoms with Gasteiger partial charge in [0.1, 0.15) is 5.82 Å². The molecule has 1 aromatic rings. The maximum absolute atomic E-state index is 5.30. The first-order chi connectivity index (χ1) is 8.13. The molecule has 1 heterocycles. The molecule has 1 fully saturated rings. The minimum atomic E-state index is 0.516. The zero-order chi connectivity index (χ0) is 12.4. The van der Waals surface area contributed by atoms with Gasteiger partial charge in [0.2, 0.25) is 0 Å². The van der Waals surface area contributed by atoms with E-state index in [1.807, 2.05) is 0 Å². The van der Waals surface area contributed by atoms with Gasteiger partial charge in [-0.05, 0) is 45.5 Å². The zero-order valence-electron chi connectivity index (χ0n) is 10.9. The van der Waals surface area contributed by atoms with Crippen molar-refractivity contribution in [1.82, 2.24) is 19.7 Å². The molecular formula is C12H22N4S. The third-order valence-electron chi connectivity index (χ3n) is 3.58. The van der Waals surface area contributed by atoms with Crippen LogP contribution in [0.25, 0.3) is 0 Å². The molecule has 1 saturated carbocycles. The Labute approximate surface area is 108 Å². The number of hydrogen-bond acceptors (Lipinski definition) is 3. The Morgan fingerprint density at radius 3 is 2.88 bits per heavy atom. The van der Waals surface area contributed by atoms with Crippen molar-refractivity contribution in [3.8, 4) is 0 Å². The highest BCUT2D eigenvalue weighted by Gasteiger charge is 2.29. The van der Waals surface area contributed by atoms with Gasteiger partial charge in [-0.2, -0.15) is 5.10 Å². The SMILES string of the molecule is CCCc1n[nH]c(=S)n1CC(C)N(C)C1CC1. The average molecular weight is 254 g/mol. The smallest absolute Gasteiger partial charge is 0.195 e. The molecule has 0 aliphatic heterocycles. The Bertz CT molecular complexity index is 418. The molecule has 5 heteroatoms. The van der Waals surface area contributed by atoms with E-state index in [-0.39, 0.29) is 0 Å². The van der Waals surface area contributed by atoms with Crippen LogP contribution < -0.4 is 0 Å². The minimum absolute atomic E-state index is 0.516. The maximum Gasteiger partial charge on any atom is 0.195 e. The monoisotopic (exact) mass is 254 g/mol. The van der Waals surface area contributed by atoms with Crippen LogP contribution in [0.2, 0.25) is 0 Å². The topological polar surface area (TPSA) is 36.9 Å². The van der Waals surface area contributed by atoms with Crippen molar-refractivity contribution in [1.29, 1.82) is 0 Å². The molecular weight excluding hydrogens is 232 g/mol. The van der Waals surface area contributed by atoms with Gasteiger partial charge >= 0.3 is 0 Å². The molecule has 0 radical (unpaired) electrons. The third-order valence-corrected chi connectivity index (χ3v) is 3.89. The van der Waals surface area contributed by atoms with Crippen molar-refractivity contribution in [3.63, 3.8) is 0 Å². The van der Waals surface area contributed by atoms with Gasteiger partial charge in [-0.25, -0.2) is 0 Å². The second-order valence-corrected chi connectivity index (χ2v) is 5.44. The van der Waals surface area contributed by atoms with E-state index in [1.165, 1.54) is 12.8 Å². The van der Waals surface area contributed by atoms with Gasteiger partial charge in [-0.1, -0.05) is 6.92 Å². The molecule has 4 nitrogen and oxygen atoms in total. The molecule has 1 atom stereocenters. The number of aryl methyl sites for hydroxylation is 1. The molecule has 0 amide bonds. The van der Waals surface area contributed by atoms with Crippen LogP contribution in [0.1, 0.15) is 38.9 Å². The highest BCUT2D eigenvalue weighted by Crippen LogP contribution is 2.27. The summed E-state index contributed by atoms with van der Waals surface area (Å²) in [5.41, 5.74) is 0. The fourth-order valence-electron chi connectivity index (χ4n) is 2.19. The first-order valence-corrected chi connectivity index (χ1v) is 6.90. The molecule has 0 aromatic carbocycles. The van der Waals surface area contributed by atoms with Crippen molar-refractivity contribution in [3.05, 3.63) is 10.6 Å². The molecule has 0 spiro atoms. The van der Waals surface area contributed by atoms with Crippen molar-refractivity contribution in [2.24, 2.45) is 0 Å². The Morgan fingerprint density at radius 2 is 2.29 bits per heavy atom. The quantitative estimate of drug-likeness (QED) is 0.792. The van der Waals surface area contributed by atoms with Crippen LogP contribution in [0.5, 0.6) is 0 Å². The lowest BCUT2D eigenvalue weighted by atomic mass is 10.2. The van der Waals surface area contributed by atoms with Gasteiger partial charge in [0.05, 0.1) is 0 Å². The van der Waals surface area contributed by atoms with Crippen LogP contribution >= 0.6 is 12.2 Å². The lowest BCUT2D eigenvalue weighted by Crippen LogP contribution is -2.34. The summed E-state index contributed by atoms with van der Waals surface area (Å²) in [6.45, 7) is 5.38. The molecule has 0 saturated heterocycles. The fourth-order valence-corrected chi connectivity index (χ4v) is 2.41. The van der Waals surface area contributed by atoms with Gasteiger partial charge in [0.15, 0.2) is 4.77 Å². The molecule has 1 N–H and O–H groups in total. The predicted octanol–water partition coefficient (Wildman–Crippen LogP) is 2.38. The summed E-state index contributed by atoms with van der Waals surface area (Å²) in [5, 5.41) is 7.21. The van der Waals surface area contributed by atoms with E-state index >= 15 is 0 Å². The van der Waals surface area contributed by atoms with Gasteiger partial charge < -0.3 is 4.57 Å². The van der Waals surface area contributed by atoms with Crippen molar-refractivity contribution in [2.45, 2.75) is 58.2 Å². The van der Waals surface area contributed by atoms with Gasteiger partial charge in [0, 0.05) is 25.0 Å². The van der Waals surface area contributed by atoms with E-state index in [0.29, 0.717) is 6.04 Å². The van der Waals surface area contributed by atoms with E-state index < -0.39 is 0 Å². The summed E-state index contributed by atoms with van der Waals surface area (Å²) in [6, 6.07) is 1.31. The van der Waals surface area contributed by atoms with Crippen LogP contribution in [-0.2, 0) is 13.0 Å². The lowest BCUT2D eigenvalue weighted by molar-refractivity contribution is 0.223. The average Bonchev–Trinajstić information content (AvgIpc) is 3.09. The molecule has 1 aliphatic rings. The molecule has 2 rings (SSSR count). The summed E-state index contributed by atoms with van der Waals surface area (Å²) in [5.74, 6) is 1.09. The van der Waals surface area contributed by atoms with Crippen LogP contribution in [0.3, 0.4) is 0 Å². The van der Waals surface area contributed by atoms with Crippen LogP contribution in [-0.4, -0.2) is 38.8 Å². The number of H-pyrrole nitrogens is 1. The first-order valence-electron chi connectivity index (χ1n) is 6.49.